The van der Waals surface area contributed by atoms with Crippen molar-refractivity contribution in [2.75, 3.05) is 36.5 Å². The van der Waals surface area contributed by atoms with Crippen molar-refractivity contribution in [1.29, 1.82) is 0 Å². The van der Waals surface area contributed by atoms with E-state index in [4.69, 9.17) is 9.47 Å². The number of anilines is 2. The molecule has 60 heavy (non-hydrogen) atoms. The summed E-state index contributed by atoms with van der Waals surface area (Å²) in [5.41, 5.74) is 5.12. The average molecular weight is 831 g/mol. The maximum absolute atomic E-state index is 15.1. The van der Waals surface area contributed by atoms with Gasteiger partial charge in [-0.2, -0.15) is 0 Å². The zero-order chi connectivity index (χ0) is 41.4. The van der Waals surface area contributed by atoms with Crippen LogP contribution in [0.5, 0.6) is 11.5 Å². The van der Waals surface area contributed by atoms with Gasteiger partial charge >= 0.3 is 0 Å². The minimum atomic E-state index is -4.59. The Morgan fingerprint density at radius 2 is 1.72 bits per heavy atom. The number of carbonyl (C=O) groups is 1. The molecular weight excluding hydrogens is 788 g/mol. The van der Waals surface area contributed by atoms with Gasteiger partial charge in [-0.15, -0.1) is 0 Å². The summed E-state index contributed by atoms with van der Waals surface area (Å²) in [4.78, 5) is 34.4. The topological polar surface area (TPSA) is 169 Å². The van der Waals surface area contributed by atoms with E-state index in [1.54, 1.807) is 24.4 Å². The fourth-order valence-corrected chi connectivity index (χ4v) is 9.27. The maximum Gasteiger partial charge on any atom is 0.293 e. The van der Waals surface area contributed by atoms with Crippen LogP contribution < -0.4 is 19.7 Å². The second-order valence-electron chi connectivity index (χ2n) is 15.7. The zero-order valence-electron chi connectivity index (χ0n) is 32.6. The molecule has 13 nitrogen and oxygen atoms in total. The third kappa shape index (κ3) is 8.27. The van der Waals surface area contributed by atoms with Crippen molar-refractivity contribution in [3.05, 3.63) is 136 Å². The summed E-state index contributed by atoms with van der Waals surface area (Å²) in [7, 11) is -4.59. The monoisotopic (exact) mass is 830 g/mol. The number of ether oxygens (including phenoxy) is 2. The van der Waals surface area contributed by atoms with Crippen LogP contribution in [0.3, 0.4) is 0 Å². The molecule has 2 atom stereocenters. The lowest BCUT2D eigenvalue weighted by Gasteiger charge is -2.28. The smallest absolute Gasteiger partial charge is 0.293 e. The molecule has 3 aliphatic rings. The van der Waals surface area contributed by atoms with Crippen molar-refractivity contribution < 1.29 is 32.0 Å². The van der Waals surface area contributed by atoms with E-state index in [0.29, 0.717) is 49.1 Å². The highest BCUT2D eigenvalue weighted by Gasteiger charge is 2.37. The number of aromatic nitrogens is 2. The van der Waals surface area contributed by atoms with Crippen LogP contribution in [0.25, 0.3) is 22.2 Å². The number of pyridine rings is 1. The standard InChI is InChI=1S/C45H43FN6O7S/c46-33-23-41(38-4-2-1-3-37(38)30-5-6-30)51(27-33)34-10-7-29(8-11-34)31-9-13-39(43(22-31)59-35-21-32-15-18-47-44(32)49-26-35)45(53)50-60(56,57)36-12-14-40(42(24-36)52(54)55)48-25-28-16-19-58-20-17-28/h1-4,7-15,18,21-22,24,26,28,30,33,41,48H,5-6,16-17,19-20,23,25,27H2,(H,47,49)(H,50,53)/t33-,41-/m1/s1. The van der Waals surface area contributed by atoms with E-state index in [1.165, 1.54) is 35.5 Å². The van der Waals surface area contributed by atoms with E-state index in [2.05, 4.69) is 43.1 Å². The molecule has 2 aromatic heterocycles. The Bertz CT molecular complexity index is 2680. The number of nitro groups is 1. The Balaban J connectivity index is 0.986. The highest BCUT2D eigenvalue weighted by atomic mass is 32.2. The van der Waals surface area contributed by atoms with Crippen LogP contribution in [0.2, 0.25) is 0 Å². The third-order valence-corrected chi connectivity index (χ3v) is 12.9. The Morgan fingerprint density at radius 1 is 0.950 bits per heavy atom. The summed E-state index contributed by atoms with van der Waals surface area (Å²) in [6.45, 7) is 1.99. The number of fused-ring (bicyclic) bond motifs is 1. The first-order chi connectivity index (χ1) is 29.1. The van der Waals surface area contributed by atoms with Crippen LogP contribution in [0.1, 0.15) is 65.5 Å². The molecular formula is C45H43FN6O7S. The van der Waals surface area contributed by atoms with E-state index >= 15 is 4.39 Å². The Morgan fingerprint density at radius 3 is 2.48 bits per heavy atom. The van der Waals surface area contributed by atoms with E-state index in [9.17, 15) is 23.3 Å². The second-order valence-corrected chi connectivity index (χ2v) is 17.3. The van der Waals surface area contributed by atoms with Gasteiger partial charge in [0.2, 0.25) is 0 Å². The van der Waals surface area contributed by atoms with Crippen LogP contribution >= 0.6 is 0 Å². The summed E-state index contributed by atoms with van der Waals surface area (Å²) >= 11 is 0. The lowest BCUT2D eigenvalue weighted by atomic mass is 9.95. The van der Waals surface area contributed by atoms with E-state index in [1.807, 2.05) is 36.4 Å². The van der Waals surface area contributed by atoms with Gasteiger partial charge in [0.05, 0.1) is 27.6 Å². The van der Waals surface area contributed by atoms with E-state index in [-0.39, 0.29) is 35.5 Å². The molecule has 0 radical (unpaired) electrons. The Hall–Kier alpha value is -6.32. The van der Waals surface area contributed by atoms with Crippen LogP contribution in [0.4, 0.5) is 21.5 Å². The number of nitro benzene ring substituents is 1. The van der Waals surface area contributed by atoms with Gasteiger partial charge in [-0.3, -0.25) is 14.9 Å². The van der Waals surface area contributed by atoms with Crippen molar-refractivity contribution in [3.8, 4) is 22.6 Å². The number of halogens is 1. The molecule has 9 rings (SSSR count). The fraction of sp³-hybridized carbons (Fsp3) is 0.289. The first kappa shape index (κ1) is 39.2. The third-order valence-electron chi connectivity index (χ3n) is 11.6. The lowest BCUT2D eigenvalue weighted by Crippen LogP contribution is -2.31. The van der Waals surface area contributed by atoms with E-state index < -0.39 is 37.6 Å². The highest BCUT2D eigenvalue weighted by Crippen LogP contribution is 2.47. The number of alkyl halides is 1. The van der Waals surface area contributed by atoms with Crippen molar-refractivity contribution >= 4 is 44.0 Å². The number of nitrogens with one attached hydrogen (secondary N) is 3. The summed E-state index contributed by atoms with van der Waals surface area (Å²) in [6.07, 6.45) is 6.63. The molecule has 15 heteroatoms. The van der Waals surface area contributed by atoms with E-state index in [0.717, 1.165) is 48.4 Å². The first-order valence-corrected chi connectivity index (χ1v) is 21.6. The molecule has 0 spiro atoms. The predicted octanol–water partition coefficient (Wildman–Crippen LogP) is 9.05. The molecule has 1 amide bonds. The molecule has 0 bridgehead atoms. The molecule has 3 fully saturated rings. The molecule has 1 aliphatic carbocycles. The minimum Gasteiger partial charge on any atom is -0.455 e. The number of hydrogen-bond acceptors (Lipinski definition) is 10. The summed E-state index contributed by atoms with van der Waals surface area (Å²) in [5, 5.41) is 15.9. The minimum absolute atomic E-state index is 0.0520. The van der Waals surface area contributed by atoms with Gasteiger partial charge in [-0.05, 0) is 108 Å². The molecule has 2 saturated heterocycles. The molecule has 308 valence electrons. The van der Waals surface area contributed by atoms with Crippen molar-refractivity contribution in [1.82, 2.24) is 14.7 Å². The van der Waals surface area contributed by atoms with Crippen molar-refractivity contribution in [2.24, 2.45) is 5.92 Å². The van der Waals surface area contributed by atoms with Crippen molar-refractivity contribution in [2.45, 2.75) is 55.1 Å². The molecule has 6 aromatic rings. The van der Waals surface area contributed by atoms with Gasteiger partial charge in [-0.1, -0.05) is 42.5 Å². The first-order valence-electron chi connectivity index (χ1n) is 20.1. The number of carbonyl (C=O) groups excluding carboxylic acids is 1. The van der Waals surface area contributed by atoms with Gasteiger partial charge in [0, 0.05) is 56.1 Å². The van der Waals surface area contributed by atoms with Gasteiger partial charge < -0.3 is 24.7 Å². The van der Waals surface area contributed by atoms with Crippen LogP contribution in [0.15, 0.2) is 114 Å². The van der Waals surface area contributed by atoms with Crippen molar-refractivity contribution in [3.63, 3.8) is 0 Å². The van der Waals surface area contributed by atoms with Gasteiger partial charge in [0.1, 0.15) is 29.0 Å². The molecule has 4 heterocycles. The quantitative estimate of drug-likeness (QED) is 0.0754. The van der Waals surface area contributed by atoms with Gasteiger partial charge in [0.15, 0.2) is 0 Å². The molecule has 2 aliphatic heterocycles. The van der Waals surface area contributed by atoms with Gasteiger partial charge in [-0.25, -0.2) is 22.5 Å². The molecule has 0 unspecified atom stereocenters. The number of benzene rings is 4. The number of nitrogens with zero attached hydrogens (tertiary/aromatic N) is 3. The predicted molar refractivity (Wildman–Crippen MR) is 226 cm³/mol. The largest absolute Gasteiger partial charge is 0.455 e. The summed E-state index contributed by atoms with van der Waals surface area (Å²) < 4.78 is 56.1. The number of sulfonamides is 1. The number of aromatic amines is 1. The average Bonchev–Trinajstić information content (AvgIpc) is 3.88. The van der Waals surface area contributed by atoms with Crippen LogP contribution in [-0.2, 0) is 14.8 Å². The molecule has 3 N–H and O–H groups in total. The normalized spacial score (nSPS) is 18.4. The summed E-state index contributed by atoms with van der Waals surface area (Å²) in [5.74, 6) is 0.153. The van der Waals surface area contributed by atoms with Gasteiger partial charge in [0.25, 0.3) is 21.6 Å². The number of amides is 1. The zero-order valence-corrected chi connectivity index (χ0v) is 33.4. The Kier molecular flexibility index (Phi) is 10.7. The lowest BCUT2D eigenvalue weighted by molar-refractivity contribution is -0.384. The maximum atomic E-state index is 15.1. The highest BCUT2D eigenvalue weighted by molar-refractivity contribution is 7.90. The molecule has 1 saturated carbocycles. The fourth-order valence-electron chi connectivity index (χ4n) is 8.29. The summed E-state index contributed by atoms with van der Waals surface area (Å²) in [6, 6.07) is 27.9. The number of H-pyrrole nitrogens is 1. The number of rotatable bonds is 13. The van der Waals surface area contributed by atoms with Crippen LogP contribution in [0, 0.1) is 16.0 Å². The Labute approximate surface area is 346 Å². The number of hydrogen-bond donors (Lipinski definition) is 3. The van der Waals surface area contributed by atoms with Crippen LogP contribution in [-0.4, -0.2) is 61.7 Å². The second kappa shape index (κ2) is 16.4. The molecule has 4 aromatic carbocycles. The SMILES string of the molecule is O=C(NS(=O)(=O)c1ccc(NCC2CCOCC2)c([N+](=O)[O-])c1)c1ccc(-c2ccc(N3C[C@H](F)C[C@@H]3c3ccccc3C3CC3)cc2)cc1Oc1cnc2[nH]ccc2c1.